The fourth-order valence-electron chi connectivity index (χ4n) is 3.30. The van der Waals surface area contributed by atoms with Crippen LogP contribution in [0.3, 0.4) is 0 Å². The lowest BCUT2D eigenvalue weighted by atomic mass is 9.76. The Morgan fingerprint density at radius 3 is 2.62 bits per heavy atom. The maximum absolute atomic E-state index is 9.63. The summed E-state index contributed by atoms with van der Waals surface area (Å²) in [4.78, 5) is 8.64. The summed E-state index contributed by atoms with van der Waals surface area (Å²) in [5, 5.41) is 9.63. The molecule has 0 saturated heterocycles. The SMILES string of the molecule is CCC(C)(Cc1ccc(OCCCN=c2ccccn2O)cc1)c1cccnc1. The van der Waals surface area contributed by atoms with Crippen LogP contribution >= 0.6 is 0 Å². The van der Waals surface area contributed by atoms with E-state index in [0.29, 0.717) is 18.6 Å². The molecule has 0 bridgehead atoms. The van der Waals surface area contributed by atoms with E-state index in [9.17, 15) is 5.21 Å². The third-order valence-corrected chi connectivity index (χ3v) is 5.32. The van der Waals surface area contributed by atoms with Crippen molar-refractivity contribution in [3.8, 4) is 5.75 Å². The molecule has 2 heterocycles. The summed E-state index contributed by atoms with van der Waals surface area (Å²) in [6.45, 7) is 5.70. The van der Waals surface area contributed by atoms with Crippen LogP contribution in [0.4, 0.5) is 0 Å². The normalized spacial score (nSPS) is 13.8. The molecule has 29 heavy (non-hydrogen) atoms. The van der Waals surface area contributed by atoms with E-state index < -0.39 is 0 Å². The van der Waals surface area contributed by atoms with E-state index in [0.717, 1.165) is 29.7 Å². The van der Waals surface area contributed by atoms with Gasteiger partial charge in [-0.3, -0.25) is 9.98 Å². The Hall–Kier alpha value is -3.08. The number of aromatic nitrogens is 2. The van der Waals surface area contributed by atoms with Crippen LogP contribution in [0.5, 0.6) is 5.75 Å². The number of nitrogens with zero attached hydrogens (tertiary/aromatic N) is 3. The van der Waals surface area contributed by atoms with Crippen molar-refractivity contribution in [1.29, 1.82) is 0 Å². The zero-order chi connectivity index (χ0) is 20.5. The van der Waals surface area contributed by atoms with E-state index in [1.165, 1.54) is 11.1 Å². The van der Waals surface area contributed by atoms with Gasteiger partial charge in [0.05, 0.1) is 6.61 Å². The molecule has 1 N–H and O–H groups in total. The van der Waals surface area contributed by atoms with E-state index >= 15 is 0 Å². The fourth-order valence-corrected chi connectivity index (χ4v) is 3.30. The van der Waals surface area contributed by atoms with Crippen molar-refractivity contribution < 1.29 is 9.94 Å². The van der Waals surface area contributed by atoms with Gasteiger partial charge in [0.25, 0.3) is 0 Å². The van der Waals surface area contributed by atoms with Crippen molar-refractivity contribution in [3.05, 3.63) is 89.8 Å². The molecule has 1 aromatic carbocycles. The highest BCUT2D eigenvalue weighted by molar-refractivity contribution is 5.31. The average Bonchev–Trinajstić information content (AvgIpc) is 2.76. The number of hydrogen-bond donors (Lipinski definition) is 1. The van der Waals surface area contributed by atoms with Crippen molar-refractivity contribution in [2.45, 2.75) is 38.5 Å². The first-order valence-corrected chi connectivity index (χ1v) is 10.1. The number of benzene rings is 1. The highest BCUT2D eigenvalue weighted by Crippen LogP contribution is 2.31. The van der Waals surface area contributed by atoms with E-state index in [1.54, 1.807) is 18.3 Å². The van der Waals surface area contributed by atoms with Crippen LogP contribution < -0.4 is 10.2 Å². The van der Waals surface area contributed by atoms with Gasteiger partial charge in [-0.15, -0.1) is 0 Å². The molecular formula is C24H29N3O2. The Kier molecular flexibility index (Phi) is 7.06. The van der Waals surface area contributed by atoms with Gasteiger partial charge in [0, 0.05) is 31.6 Å². The van der Waals surface area contributed by atoms with Crippen LogP contribution in [0, 0.1) is 0 Å². The maximum atomic E-state index is 9.63. The number of hydrogen-bond acceptors (Lipinski definition) is 4. The van der Waals surface area contributed by atoms with Gasteiger partial charge >= 0.3 is 0 Å². The summed E-state index contributed by atoms with van der Waals surface area (Å²) in [7, 11) is 0. The summed E-state index contributed by atoms with van der Waals surface area (Å²) in [5.41, 5.74) is 3.18. The minimum absolute atomic E-state index is 0.0686. The van der Waals surface area contributed by atoms with Gasteiger partial charge < -0.3 is 9.94 Å². The Morgan fingerprint density at radius 1 is 1.10 bits per heavy atom. The number of rotatable bonds is 9. The zero-order valence-electron chi connectivity index (χ0n) is 17.2. The van der Waals surface area contributed by atoms with Gasteiger partial charge in [-0.1, -0.05) is 38.1 Å². The molecule has 0 radical (unpaired) electrons. The second kappa shape index (κ2) is 9.92. The average molecular weight is 392 g/mol. The molecule has 2 aromatic heterocycles. The van der Waals surface area contributed by atoms with E-state index in [1.807, 2.05) is 36.7 Å². The third kappa shape index (κ3) is 5.70. The van der Waals surface area contributed by atoms with Crippen molar-refractivity contribution >= 4 is 0 Å². The van der Waals surface area contributed by atoms with Crippen molar-refractivity contribution in [2.24, 2.45) is 4.99 Å². The predicted molar refractivity (Wildman–Crippen MR) is 114 cm³/mol. The van der Waals surface area contributed by atoms with E-state index in [-0.39, 0.29) is 5.41 Å². The molecule has 0 aliphatic heterocycles. The first-order chi connectivity index (χ1) is 14.1. The molecule has 152 valence electrons. The molecule has 1 unspecified atom stereocenters. The zero-order valence-corrected chi connectivity index (χ0v) is 17.2. The van der Waals surface area contributed by atoms with Crippen molar-refractivity contribution in [2.75, 3.05) is 13.2 Å². The minimum Gasteiger partial charge on any atom is -0.494 e. The highest BCUT2D eigenvalue weighted by atomic mass is 16.5. The van der Waals surface area contributed by atoms with Crippen molar-refractivity contribution in [1.82, 2.24) is 9.71 Å². The second-order valence-corrected chi connectivity index (χ2v) is 7.46. The molecule has 0 saturated carbocycles. The molecule has 5 heteroatoms. The van der Waals surface area contributed by atoms with Crippen LogP contribution in [0.15, 0.2) is 78.2 Å². The summed E-state index contributed by atoms with van der Waals surface area (Å²) in [6, 6.07) is 17.9. The number of ether oxygens (including phenoxy) is 1. The first-order valence-electron chi connectivity index (χ1n) is 10.1. The topological polar surface area (TPSA) is 59.6 Å². The second-order valence-electron chi connectivity index (χ2n) is 7.46. The first kappa shape index (κ1) is 20.6. The lowest BCUT2D eigenvalue weighted by Gasteiger charge is -2.28. The van der Waals surface area contributed by atoms with E-state index in [2.05, 4.69) is 42.0 Å². The smallest absolute Gasteiger partial charge is 0.163 e. The Balaban J connectivity index is 1.51. The standard InChI is InChI=1S/C24H29N3O2/c1-3-24(2,21-8-6-14-25-19-21)18-20-10-12-22(13-11-20)29-17-7-15-26-23-9-4-5-16-27(23)28/h4-6,8-14,16,19,28H,3,7,15,17-18H2,1-2H3. The van der Waals surface area contributed by atoms with Crippen LogP contribution in [-0.4, -0.2) is 28.1 Å². The van der Waals surface area contributed by atoms with Crippen molar-refractivity contribution in [3.63, 3.8) is 0 Å². The van der Waals surface area contributed by atoms with Gasteiger partial charge in [-0.2, -0.15) is 4.73 Å². The number of pyridine rings is 2. The third-order valence-electron chi connectivity index (χ3n) is 5.32. The summed E-state index contributed by atoms with van der Waals surface area (Å²) >= 11 is 0. The molecule has 0 fully saturated rings. The van der Waals surface area contributed by atoms with Gasteiger partial charge in [-0.25, -0.2) is 0 Å². The maximum Gasteiger partial charge on any atom is 0.163 e. The molecule has 0 aliphatic carbocycles. The molecule has 5 nitrogen and oxygen atoms in total. The predicted octanol–water partition coefficient (Wildman–Crippen LogP) is 4.40. The van der Waals surface area contributed by atoms with Gasteiger partial charge in [0.15, 0.2) is 5.49 Å². The van der Waals surface area contributed by atoms with E-state index in [4.69, 9.17) is 4.74 Å². The molecule has 3 rings (SSSR count). The monoisotopic (exact) mass is 391 g/mol. The van der Waals surface area contributed by atoms with Gasteiger partial charge in [0.1, 0.15) is 5.75 Å². The lowest BCUT2D eigenvalue weighted by Crippen LogP contribution is -2.24. The van der Waals surface area contributed by atoms with Crippen LogP contribution in [-0.2, 0) is 11.8 Å². The Labute approximate surface area is 172 Å². The Bertz CT molecular complexity index is 952. The lowest BCUT2D eigenvalue weighted by molar-refractivity contribution is 0.171. The largest absolute Gasteiger partial charge is 0.494 e. The molecule has 3 aromatic rings. The van der Waals surface area contributed by atoms with Crippen LogP contribution in [0.2, 0.25) is 0 Å². The molecule has 0 aliphatic rings. The van der Waals surface area contributed by atoms with Gasteiger partial charge in [0.2, 0.25) is 0 Å². The quantitative estimate of drug-likeness (QED) is 0.434. The minimum atomic E-state index is 0.0686. The molecular weight excluding hydrogens is 362 g/mol. The molecule has 0 amide bonds. The summed E-state index contributed by atoms with van der Waals surface area (Å²) < 4.78 is 6.85. The molecule has 1 atom stereocenters. The highest BCUT2D eigenvalue weighted by Gasteiger charge is 2.25. The van der Waals surface area contributed by atoms with Gasteiger partial charge in [-0.05, 0) is 59.7 Å². The summed E-state index contributed by atoms with van der Waals surface area (Å²) in [5.74, 6) is 0.866. The Morgan fingerprint density at radius 2 is 1.93 bits per heavy atom. The summed E-state index contributed by atoms with van der Waals surface area (Å²) in [6.07, 6.45) is 8.16. The van der Waals surface area contributed by atoms with Crippen LogP contribution in [0.1, 0.15) is 37.8 Å². The fraction of sp³-hybridized carbons (Fsp3) is 0.333. The molecule has 0 spiro atoms. The van der Waals surface area contributed by atoms with Crippen LogP contribution in [0.25, 0.3) is 0 Å².